The summed E-state index contributed by atoms with van der Waals surface area (Å²) in [7, 11) is 4.08. The van der Waals surface area contributed by atoms with Crippen LogP contribution < -0.4 is 11.1 Å². The van der Waals surface area contributed by atoms with Crippen molar-refractivity contribution >= 4 is 5.91 Å². The van der Waals surface area contributed by atoms with Crippen molar-refractivity contribution in [2.75, 3.05) is 27.2 Å². The van der Waals surface area contributed by atoms with E-state index in [1.165, 1.54) is 0 Å². The maximum Gasteiger partial charge on any atom is 0.227 e. The molecule has 0 aromatic heterocycles. The van der Waals surface area contributed by atoms with Crippen LogP contribution in [0.1, 0.15) is 53.4 Å². The van der Waals surface area contributed by atoms with Crippen LogP contribution in [-0.4, -0.2) is 44.0 Å². The number of carbonyl (C=O) groups is 1. The molecule has 1 amide bonds. The molecule has 0 spiro atoms. The third-order valence-corrected chi connectivity index (χ3v) is 4.01. The number of rotatable bonds is 10. The summed E-state index contributed by atoms with van der Waals surface area (Å²) in [6.45, 7) is 9.84. The van der Waals surface area contributed by atoms with Gasteiger partial charge in [-0.15, -0.1) is 0 Å². The van der Waals surface area contributed by atoms with Crippen molar-refractivity contribution in [3.8, 4) is 0 Å². The zero-order chi connectivity index (χ0) is 15.8. The summed E-state index contributed by atoms with van der Waals surface area (Å²) in [5.74, 6) is 0.560. The Kier molecular flexibility index (Phi) is 9.06. The van der Waals surface area contributed by atoms with E-state index < -0.39 is 0 Å². The molecule has 0 saturated heterocycles. The predicted octanol–water partition coefficient (Wildman–Crippen LogP) is 2.23. The lowest BCUT2D eigenvalue weighted by atomic mass is 9.78. The zero-order valence-electron chi connectivity index (χ0n) is 14.3. The summed E-state index contributed by atoms with van der Waals surface area (Å²) < 4.78 is 0. The van der Waals surface area contributed by atoms with E-state index in [-0.39, 0.29) is 17.4 Å². The summed E-state index contributed by atoms with van der Waals surface area (Å²) in [5.41, 5.74) is 5.58. The Morgan fingerprint density at radius 1 is 1.20 bits per heavy atom. The molecular formula is C16H35N3O. The van der Waals surface area contributed by atoms with Crippen LogP contribution in [0.25, 0.3) is 0 Å². The standard InChI is InChI=1S/C16H35N3O/c1-7-9-16(12-17,10-8-2)15(20)18-14(13(3)4)11-19(5)6/h13-14H,7-12,17H2,1-6H3,(H,18,20). The number of hydrogen-bond acceptors (Lipinski definition) is 3. The van der Waals surface area contributed by atoms with E-state index in [9.17, 15) is 4.79 Å². The van der Waals surface area contributed by atoms with Crippen molar-refractivity contribution in [3.63, 3.8) is 0 Å². The molecule has 0 saturated carbocycles. The molecule has 0 aromatic rings. The fourth-order valence-electron chi connectivity index (χ4n) is 2.74. The molecule has 0 bridgehead atoms. The molecule has 0 aromatic carbocycles. The first-order valence-corrected chi connectivity index (χ1v) is 7.98. The third kappa shape index (κ3) is 5.80. The van der Waals surface area contributed by atoms with Gasteiger partial charge in [-0.25, -0.2) is 0 Å². The van der Waals surface area contributed by atoms with Gasteiger partial charge in [0.2, 0.25) is 5.91 Å². The highest BCUT2D eigenvalue weighted by molar-refractivity contribution is 5.83. The monoisotopic (exact) mass is 285 g/mol. The van der Waals surface area contributed by atoms with E-state index in [0.29, 0.717) is 12.5 Å². The largest absolute Gasteiger partial charge is 0.351 e. The van der Waals surface area contributed by atoms with Gasteiger partial charge >= 0.3 is 0 Å². The summed E-state index contributed by atoms with van der Waals surface area (Å²) >= 11 is 0. The number of amides is 1. The molecule has 0 aliphatic carbocycles. The van der Waals surface area contributed by atoms with Crippen LogP contribution >= 0.6 is 0 Å². The van der Waals surface area contributed by atoms with Crippen LogP contribution in [0.5, 0.6) is 0 Å². The molecule has 0 rings (SSSR count). The molecule has 0 fully saturated rings. The average molecular weight is 285 g/mol. The van der Waals surface area contributed by atoms with Crippen LogP contribution in [0, 0.1) is 11.3 Å². The van der Waals surface area contributed by atoms with Crippen molar-refractivity contribution in [1.29, 1.82) is 0 Å². The smallest absolute Gasteiger partial charge is 0.227 e. The van der Waals surface area contributed by atoms with Gasteiger partial charge in [0.25, 0.3) is 0 Å². The van der Waals surface area contributed by atoms with Gasteiger partial charge in [0, 0.05) is 19.1 Å². The number of nitrogens with one attached hydrogen (secondary N) is 1. The van der Waals surface area contributed by atoms with Crippen molar-refractivity contribution in [3.05, 3.63) is 0 Å². The highest BCUT2D eigenvalue weighted by Gasteiger charge is 2.36. The Morgan fingerprint density at radius 3 is 2.00 bits per heavy atom. The number of nitrogens with two attached hydrogens (primary N) is 1. The Morgan fingerprint density at radius 2 is 1.70 bits per heavy atom. The lowest BCUT2D eigenvalue weighted by molar-refractivity contribution is -0.132. The molecular weight excluding hydrogens is 250 g/mol. The van der Waals surface area contributed by atoms with Gasteiger partial charge in [-0.3, -0.25) is 4.79 Å². The summed E-state index contributed by atoms with van der Waals surface area (Å²) in [6, 6.07) is 0.178. The Labute approximate surface area is 125 Å². The maximum absolute atomic E-state index is 12.8. The van der Waals surface area contributed by atoms with E-state index >= 15 is 0 Å². The molecule has 0 aliphatic heterocycles. The molecule has 1 unspecified atom stereocenters. The first-order chi connectivity index (χ1) is 9.32. The van der Waals surface area contributed by atoms with E-state index in [1.54, 1.807) is 0 Å². The first-order valence-electron chi connectivity index (χ1n) is 7.98. The van der Waals surface area contributed by atoms with Gasteiger partial charge in [-0.05, 0) is 32.9 Å². The van der Waals surface area contributed by atoms with E-state index in [2.05, 4.69) is 37.9 Å². The molecule has 20 heavy (non-hydrogen) atoms. The summed E-state index contributed by atoms with van der Waals surface area (Å²) in [4.78, 5) is 14.9. The topological polar surface area (TPSA) is 58.4 Å². The highest BCUT2D eigenvalue weighted by atomic mass is 16.2. The molecule has 0 aliphatic rings. The van der Waals surface area contributed by atoms with Crippen molar-refractivity contribution in [2.24, 2.45) is 17.1 Å². The van der Waals surface area contributed by atoms with Crippen molar-refractivity contribution in [2.45, 2.75) is 59.4 Å². The summed E-state index contributed by atoms with van der Waals surface area (Å²) in [5, 5.41) is 3.25. The molecule has 120 valence electrons. The van der Waals surface area contributed by atoms with Gasteiger partial charge in [-0.2, -0.15) is 0 Å². The normalized spacial score (nSPS) is 13.8. The van der Waals surface area contributed by atoms with Crippen molar-refractivity contribution < 1.29 is 4.79 Å². The van der Waals surface area contributed by atoms with E-state index in [1.807, 2.05) is 14.1 Å². The Bertz CT molecular complexity index is 271. The SMILES string of the molecule is CCCC(CN)(CCC)C(=O)NC(CN(C)C)C(C)C. The van der Waals surface area contributed by atoms with Crippen LogP contribution in [0.2, 0.25) is 0 Å². The Balaban J connectivity index is 4.95. The quantitative estimate of drug-likeness (QED) is 0.647. The minimum atomic E-state index is -0.386. The van der Waals surface area contributed by atoms with Crippen LogP contribution in [0.15, 0.2) is 0 Å². The molecule has 0 heterocycles. The van der Waals surface area contributed by atoms with E-state index in [4.69, 9.17) is 5.73 Å². The fraction of sp³-hybridized carbons (Fsp3) is 0.938. The van der Waals surface area contributed by atoms with Gasteiger partial charge in [-0.1, -0.05) is 40.5 Å². The summed E-state index contributed by atoms with van der Waals surface area (Å²) in [6.07, 6.45) is 3.72. The average Bonchev–Trinajstić information content (AvgIpc) is 2.36. The number of likely N-dealkylation sites (N-methyl/N-ethyl adjacent to an activating group) is 1. The highest BCUT2D eigenvalue weighted by Crippen LogP contribution is 2.29. The van der Waals surface area contributed by atoms with Gasteiger partial charge in [0.05, 0.1) is 5.41 Å². The molecule has 1 atom stereocenters. The molecule has 4 heteroatoms. The van der Waals surface area contributed by atoms with Gasteiger partial charge in [0.15, 0.2) is 0 Å². The minimum Gasteiger partial charge on any atom is -0.351 e. The third-order valence-electron chi connectivity index (χ3n) is 4.01. The predicted molar refractivity (Wildman–Crippen MR) is 86.6 cm³/mol. The molecule has 0 radical (unpaired) electrons. The van der Waals surface area contributed by atoms with Crippen LogP contribution in [0.4, 0.5) is 0 Å². The lowest BCUT2D eigenvalue weighted by Crippen LogP contribution is -2.53. The van der Waals surface area contributed by atoms with Crippen molar-refractivity contribution in [1.82, 2.24) is 10.2 Å². The molecule has 4 nitrogen and oxygen atoms in total. The second-order valence-corrected chi connectivity index (χ2v) is 6.57. The van der Waals surface area contributed by atoms with Gasteiger partial charge < -0.3 is 16.0 Å². The lowest BCUT2D eigenvalue weighted by Gasteiger charge is -2.34. The van der Waals surface area contributed by atoms with Crippen LogP contribution in [0.3, 0.4) is 0 Å². The minimum absolute atomic E-state index is 0.143. The van der Waals surface area contributed by atoms with Gasteiger partial charge in [0.1, 0.15) is 0 Å². The number of nitrogens with zero attached hydrogens (tertiary/aromatic N) is 1. The fourth-order valence-corrected chi connectivity index (χ4v) is 2.74. The van der Waals surface area contributed by atoms with E-state index in [0.717, 1.165) is 32.2 Å². The van der Waals surface area contributed by atoms with Crippen LogP contribution in [-0.2, 0) is 4.79 Å². The number of hydrogen-bond donors (Lipinski definition) is 2. The Hall–Kier alpha value is -0.610. The second kappa shape index (κ2) is 9.35. The number of carbonyl (C=O) groups excluding carboxylic acids is 1. The second-order valence-electron chi connectivity index (χ2n) is 6.57. The zero-order valence-corrected chi connectivity index (χ0v) is 14.3. The molecule has 3 N–H and O–H groups in total. The first kappa shape index (κ1) is 19.4. The maximum atomic E-state index is 12.8.